The average molecular weight is 324 g/mol. The number of hydrogen-bond acceptors (Lipinski definition) is 0. The molecule has 0 saturated carbocycles. The third kappa shape index (κ3) is 5.45. The molecular weight excluding hydrogens is 300 g/mol. The van der Waals surface area contributed by atoms with Crippen LogP contribution in [-0.2, 0) is 17.1 Å². The van der Waals surface area contributed by atoms with Crippen molar-refractivity contribution in [3.8, 4) is 0 Å². The van der Waals surface area contributed by atoms with E-state index in [1.54, 1.807) is 0 Å². The van der Waals surface area contributed by atoms with Crippen LogP contribution in [0.1, 0.15) is 33.4 Å². The van der Waals surface area contributed by atoms with Gasteiger partial charge in [0.1, 0.15) is 0 Å². The smallest absolute Gasteiger partial charge is 0.698 e. The topological polar surface area (TPSA) is 47.6 Å². The Bertz CT molecular complexity index is 517. The summed E-state index contributed by atoms with van der Waals surface area (Å²) in [7, 11) is 0. The molecule has 0 saturated heterocycles. The predicted octanol–water partition coefficient (Wildman–Crippen LogP) is 6.59. The Morgan fingerprint density at radius 2 is 0.714 bits per heavy atom. The van der Waals surface area contributed by atoms with Crippen LogP contribution in [-0.4, -0.2) is 0 Å². The Morgan fingerprint density at radius 1 is 0.524 bits per heavy atom. The Kier molecular flexibility index (Phi) is 7.56. The summed E-state index contributed by atoms with van der Waals surface area (Å²) in [5.41, 5.74) is 23.2. The first-order valence-corrected chi connectivity index (χ1v) is 6.81. The predicted molar refractivity (Wildman–Crippen MR) is 89.3 cm³/mol. The summed E-state index contributed by atoms with van der Waals surface area (Å²) in [5, 5.41) is 0. The minimum Gasteiger partial charge on any atom is -0.698 e. The van der Waals surface area contributed by atoms with Crippen LogP contribution in [0.5, 0.6) is 0 Å². The minimum absolute atomic E-state index is 0. The Hall–Kier alpha value is -1.44. The van der Waals surface area contributed by atoms with E-state index in [2.05, 4.69) is 13.8 Å². The van der Waals surface area contributed by atoms with Gasteiger partial charge in [0.25, 0.3) is 0 Å². The maximum atomic E-state index is 7.54. The van der Waals surface area contributed by atoms with E-state index >= 15 is 0 Å². The van der Waals surface area contributed by atoms with Crippen molar-refractivity contribution in [3.05, 3.63) is 69.1 Å². The molecule has 0 radical (unpaired) electrons. The van der Waals surface area contributed by atoms with E-state index in [0.717, 1.165) is 22.3 Å². The van der Waals surface area contributed by atoms with Gasteiger partial charge < -0.3 is 11.5 Å². The van der Waals surface area contributed by atoms with E-state index in [9.17, 15) is 0 Å². The summed E-state index contributed by atoms with van der Waals surface area (Å²) >= 11 is 0. The van der Waals surface area contributed by atoms with Crippen LogP contribution in [0, 0.1) is 41.5 Å². The second-order valence-corrected chi connectivity index (χ2v) is 5.55. The standard InChI is InChI=1S/2C9H12N.Fe/c2*1-6-4-7(2)9(10)8(3)5-6;/h2*4-5,10H,1-3H3;/q2*-1;+2. The van der Waals surface area contributed by atoms with E-state index < -0.39 is 0 Å². The molecule has 2 aromatic rings. The van der Waals surface area contributed by atoms with Crippen molar-refractivity contribution < 1.29 is 17.1 Å². The monoisotopic (exact) mass is 324 g/mol. The van der Waals surface area contributed by atoms with Crippen molar-refractivity contribution in [2.45, 2.75) is 41.5 Å². The molecule has 0 aliphatic carbocycles. The molecular formula is C18H24FeN2. The van der Waals surface area contributed by atoms with Crippen molar-refractivity contribution in [2.75, 3.05) is 0 Å². The van der Waals surface area contributed by atoms with Gasteiger partial charge in [-0.25, -0.2) is 0 Å². The van der Waals surface area contributed by atoms with E-state index in [1.807, 2.05) is 52.0 Å². The van der Waals surface area contributed by atoms with Crippen molar-refractivity contribution in [3.63, 3.8) is 0 Å². The van der Waals surface area contributed by atoms with Gasteiger partial charge >= 0.3 is 17.1 Å². The summed E-state index contributed by atoms with van der Waals surface area (Å²) in [6, 6.07) is 8.15. The van der Waals surface area contributed by atoms with Crippen LogP contribution >= 0.6 is 0 Å². The summed E-state index contributed by atoms with van der Waals surface area (Å²) in [6.45, 7) is 12.0. The molecule has 0 atom stereocenters. The molecule has 0 aromatic heterocycles. The fraction of sp³-hybridized carbons (Fsp3) is 0.333. The minimum atomic E-state index is 0. The van der Waals surface area contributed by atoms with Gasteiger partial charge in [-0.2, -0.15) is 0 Å². The summed E-state index contributed by atoms with van der Waals surface area (Å²) in [4.78, 5) is 0. The quantitative estimate of drug-likeness (QED) is 0.491. The average Bonchev–Trinajstić information content (AvgIpc) is 2.33. The van der Waals surface area contributed by atoms with Crippen LogP contribution in [0.25, 0.3) is 11.5 Å². The van der Waals surface area contributed by atoms with Gasteiger partial charge in [-0.1, -0.05) is 57.6 Å². The zero-order chi connectivity index (χ0) is 15.4. The number of benzene rings is 2. The second-order valence-electron chi connectivity index (χ2n) is 5.55. The maximum Gasteiger partial charge on any atom is 2.00 e. The largest absolute Gasteiger partial charge is 2.00 e. The molecule has 0 amide bonds. The molecule has 2 N–H and O–H groups in total. The van der Waals surface area contributed by atoms with Crippen molar-refractivity contribution >= 4 is 11.4 Å². The fourth-order valence-electron chi connectivity index (χ4n) is 2.36. The van der Waals surface area contributed by atoms with E-state index in [0.29, 0.717) is 11.4 Å². The number of hydrogen-bond donors (Lipinski definition) is 0. The van der Waals surface area contributed by atoms with E-state index in [-0.39, 0.29) is 17.1 Å². The van der Waals surface area contributed by atoms with Gasteiger partial charge in [0.05, 0.1) is 0 Å². The summed E-state index contributed by atoms with van der Waals surface area (Å²) in [6.07, 6.45) is 0. The zero-order valence-corrected chi connectivity index (χ0v) is 14.8. The normalized spacial score (nSPS) is 9.43. The Balaban J connectivity index is 0.000000364. The molecule has 0 fully saturated rings. The molecule has 0 bridgehead atoms. The first-order valence-electron chi connectivity index (χ1n) is 6.81. The zero-order valence-electron chi connectivity index (χ0n) is 13.7. The molecule has 0 unspecified atom stereocenters. The first-order chi connectivity index (χ1) is 9.22. The number of rotatable bonds is 0. The van der Waals surface area contributed by atoms with E-state index in [4.69, 9.17) is 11.5 Å². The molecule has 0 spiro atoms. The molecule has 3 heteroatoms. The van der Waals surface area contributed by atoms with Gasteiger partial charge in [-0.3, -0.25) is 0 Å². The van der Waals surface area contributed by atoms with Gasteiger partial charge in [0, 0.05) is 0 Å². The summed E-state index contributed by atoms with van der Waals surface area (Å²) in [5.74, 6) is 0. The Morgan fingerprint density at radius 3 is 0.905 bits per heavy atom. The Labute approximate surface area is 139 Å². The molecule has 2 aromatic carbocycles. The van der Waals surface area contributed by atoms with Gasteiger partial charge in [-0.15, -0.1) is 11.4 Å². The summed E-state index contributed by atoms with van der Waals surface area (Å²) < 4.78 is 0. The van der Waals surface area contributed by atoms with Gasteiger partial charge in [0.2, 0.25) is 0 Å². The molecule has 0 aliphatic rings. The van der Waals surface area contributed by atoms with Crippen LogP contribution in [0.4, 0.5) is 11.4 Å². The van der Waals surface area contributed by atoms with E-state index in [1.165, 1.54) is 11.1 Å². The van der Waals surface area contributed by atoms with Gasteiger partial charge in [-0.05, 0) is 41.5 Å². The second kappa shape index (κ2) is 8.11. The third-order valence-electron chi connectivity index (χ3n) is 3.35. The fourth-order valence-corrected chi connectivity index (χ4v) is 2.36. The first kappa shape index (κ1) is 19.6. The SMILES string of the molecule is Cc1cc(C)c([NH-])c(C)c1.Cc1cc(C)c([NH-])c(C)c1.[Fe+2]. The maximum absolute atomic E-state index is 7.54. The van der Waals surface area contributed by atoms with Gasteiger partial charge in [0.15, 0.2) is 0 Å². The van der Waals surface area contributed by atoms with Crippen LogP contribution in [0.2, 0.25) is 0 Å². The molecule has 2 rings (SSSR count). The molecule has 0 heterocycles. The molecule has 21 heavy (non-hydrogen) atoms. The van der Waals surface area contributed by atoms with Crippen LogP contribution < -0.4 is 0 Å². The molecule has 2 nitrogen and oxygen atoms in total. The van der Waals surface area contributed by atoms with Crippen molar-refractivity contribution in [1.29, 1.82) is 0 Å². The van der Waals surface area contributed by atoms with Crippen LogP contribution in [0.3, 0.4) is 0 Å². The van der Waals surface area contributed by atoms with Crippen LogP contribution in [0.15, 0.2) is 24.3 Å². The number of aryl methyl sites for hydroxylation is 6. The number of nitrogens with one attached hydrogen (secondary N) is 2. The van der Waals surface area contributed by atoms with Crippen molar-refractivity contribution in [1.82, 2.24) is 0 Å². The third-order valence-corrected chi connectivity index (χ3v) is 3.35. The van der Waals surface area contributed by atoms with Crippen molar-refractivity contribution in [2.24, 2.45) is 0 Å². The molecule has 114 valence electrons. The molecule has 0 aliphatic heterocycles.